The summed E-state index contributed by atoms with van der Waals surface area (Å²) >= 11 is 0. The molecule has 3 aromatic rings. The Labute approximate surface area is 146 Å². The molecule has 0 saturated heterocycles. The molecule has 0 spiro atoms. The maximum absolute atomic E-state index is 12.9. The smallest absolute Gasteiger partial charge is 0.270 e. The van der Waals surface area contributed by atoms with Crippen LogP contribution in [0, 0.1) is 6.92 Å². The van der Waals surface area contributed by atoms with Crippen molar-refractivity contribution in [2.24, 2.45) is 0 Å². The average molecular weight is 335 g/mol. The standard InChI is InChI=1S/C19H21N5O/c1-12-20-17-11-24(9-8-14(17)18(21-12)23(2)3)19(25)16-10-13-6-4-5-7-15(13)22-16/h4-7,10,22H,8-9,11H2,1-3H3. The van der Waals surface area contributed by atoms with Gasteiger partial charge in [0, 0.05) is 37.1 Å². The second-order valence-electron chi connectivity index (χ2n) is 6.66. The van der Waals surface area contributed by atoms with Gasteiger partial charge in [-0.2, -0.15) is 0 Å². The molecule has 2 aromatic heterocycles. The van der Waals surface area contributed by atoms with Gasteiger partial charge >= 0.3 is 0 Å². The number of hydrogen-bond acceptors (Lipinski definition) is 4. The minimum absolute atomic E-state index is 0.0181. The zero-order chi connectivity index (χ0) is 17.6. The molecule has 1 aliphatic heterocycles. The van der Waals surface area contributed by atoms with E-state index < -0.39 is 0 Å². The van der Waals surface area contributed by atoms with Crippen LogP contribution in [0.4, 0.5) is 5.82 Å². The Morgan fingerprint density at radius 2 is 2.04 bits per heavy atom. The number of anilines is 1. The molecule has 0 unspecified atom stereocenters. The van der Waals surface area contributed by atoms with Crippen molar-refractivity contribution in [1.82, 2.24) is 19.9 Å². The fourth-order valence-electron chi connectivity index (χ4n) is 3.43. The van der Waals surface area contributed by atoms with Crippen LogP contribution in [0.15, 0.2) is 30.3 Å². The number of aromatic amines is 1. The van der Waals surface area contributed by atoms with Crippen LogP contribution in [0.5, 0.6) is 0 Å². The molecular weight excluding hydrogens is 314 g/mol. The molecule has 4 rings (SSSR count). The van der Waals surface area contributed by atoms with E-state index in [0.29, 0.717) is 18.8 Å². The van der Waals surface area contributed by atoms with Gasteiger partial charge in [-0.3, -0.25) is 4.79 Å². The summed E-state index contributed by atoms with van der Waals surface area (Å²) in [6.45, 7) is 3.09. The Morgan fingerprint density at radius 3 is 2.80 bits per heavy atom. The second-order valence-corrected chi connectivity index (χ2v) is 6.66. The summed E-state index contributed by atoms with van der Waals surface area (Å²) in [4.78, 5) is 29.2. The van der Waals surface area contributed by atoms with Crippen LogP contribution in [-0.2, 0) is 13.0 Å². The highest BCUT2D eigenvalue weighted by Crippen LogP contribution is 2.26. The first-order chi connectivity index (χ1) is 12.0. The number of benzene rings is 1. The summed E-state index contributed by atoms with van der Waals surface area (Å²) in [5.74, 6) is 1.71. The molecule has 0 bridgehead atoms. The van der Waals surface area contributed by atoms with Crippen molar-refractivity contribution in [3.8, 4) is 0 Å². The van der Waals surface area contributed by atoms with Gasteiger partial charge < -0.3 is 14.8 Å². The summed E-state index contributed by atoms with van der Waals surface area (Å²) in [5, 5.41) is 1.05. The zero-order valence-corrected chi connectivity index (χ0v) is 14.7. The van der Waals surface area contributed by atoms with Crippen molar-refractivity contribution in [1.29, 1.82) is 0 Å². The molecule has 128 valence electrons. The van der Waals surface area contributed by atoms with E-state index in [1.54, 1.807) is 0 Å². The summed E-state index contributed by atoms with van der Waals surface area (Å²) in [5.41, 5.74) is 3.71. The monoisotopic (exact) mass is 335 g/mol. The van der Waals surface area contributed by atoms with E-state index in [1.165, 1.54) is 0 Å². The molecule has 1 aliphatic rings. The van der Waals surface area contributed by atoms with Gasteiger partial charge in [-0.25, -0.2) is 9.97 Å². The van der Waals surface area contributed by atoms with Crippen LogP contribution < -0.4 is 4.90 Å². The van der Waals surface area contributed by atoms with E-state index in [4.69, 9.17) is 0 Å². The Morgan fingerprint density at radius 1 is 1.24 bits per heavy atom. The fourth-order valence-corrected chi connectivity index (χ4v) is 3.43. The van der Waals surface area contributed by atoms with E-state index in [0.717, 1.165) is 40.2 Å². The first-order valence-electron chi connectivity index (χ1n) is 8.43. The lowest BCUT2D eigenvalue weighted by Crippen LogP contribution is -2.37. The van der Waals surface area contributed by atoms with Crippen LogP contribution in [0.25, 0.3) is 10.9 Å². The molecule has 0 aliphatic carbocycles. The largest absolute Gasteiger partial charge is 0.362 e. The summed E-state index contributed by atoms with van der Waals surface area (Å²) in [6.07, 6.45) is 0.773. The molecule has 3 heterocycles. The SMILES string of the molecule is Cc1nc2c(c(N(C)C)n1)CCN(C(=O)c1cc3ccccc3[nH]1)C2. The summed E-state index contributed by atoms with van der Waals surface area (Å²) in [7, 11) is 3.98. The van der Waals surface area contributed by atoms with Crippen LogP contribution in [0.2, 0.25) is 0 Å². The predicted molar refractivity (Wildman–Crippen MR) is 97.8 cm³/mol. The molecule has 0 fully saturated rings. The van der Waals surface area contributed by atoms with Gasteiger partial charge in [-0.15, -0.1) is 0 Å². The van der Waals surface area contributed by atoms with Crippen molar-refractivity contribution in [2.45, 2.75) is 19.9 Å². The van der Waals surface area contributed by atoms with E-state index in [9.17, 15) is 4.79 Å². The number of H-pyrrole nitrogens is 1. The van der Waals surface area contributed by atoms with Gasteiger partial charge in [0.2, 0.25) is 0 Å². The van der Waals surface area contributed by atoms with Crippen LogP contribution in [-0.4, -0.2) is 46.4 Å². The van der Waals surface area contributed by atoms with Crippen molar-refractivity contribution in [3.63, 3.8) is 0 Å². The maximum Gasteiger partial charge on any atom is 0.270 e. The molecular formula is C19H21N5O. The number of aryl methyl sites for hydroxylation is 1. The highest BCUT2D eigenvalue weighted by molar-refractivity contribution is 5.98. The van der Waals surface area contributed by atoms with Gasteiger partial charge in [0.05, 0.1) is 12.2 Å². The number of para-hydroxylation sites is 1. The van der Waals surface area contributed by atoms with E-state index in [1.807, 2.05) is 61.2 Å². The summed E-state index contributed by atoms with van der Waals surface area (Å²) < 4.78 is 0. The first kappa shape index (κ1) is 15.6. The molecule has 0 atom stereocenters. The summed E-state index contributed by atoms with van der Waals surface area (Å²) in [6, 6.07) is 9.85. The maximum atomic E-state index is 12.9. The molecule has 25 heavy (non-hydrogen) atoms. The van der Waals surface area contributed by atoms with Crippen LogP contribution >= 0.6 is 0 Å². The number of fused-ring (bicyclic) bond motifs is 2. The Balaban J connectivity index is 1.64. The third-order valence-electron chi connectivity index (χ3n) is 4.63. The van der Waals surface area contributed by atoms with Crippen molar-refractivity contribution < 1.29 is 4.79 Å². The lowest BCUT2D eigenvalue weighted by atomic mass is 10.0. The molecule has 6 nitrogen and oxygen atoms in total. The van der Waals surface area contributed by atoms with Gasteiger partial charge in [0.1, 0.15) is 17.3 Å². The van der Waals surface area contributed by atoms with E-state index in [2.05, 4.69) is 15.0 Å². The van der Waals surface area contributed by atoms with Gasteiger partial charge in [-0.1, -0.05) is 18.2 Å². The van der Waals surface area contributed by atoms with Crippen molar-refractivity contribution >= 4 is 22.6 Å². The van der Waals surface area contributed by atoms with E-state index >= 15 is 0 Å². The normalized spacial score (nSPS) is 13.8. The molecule has 1 amide bonds. The van der Waals surface area contributed by atoms with E-state index in [-0.39, 0.29) is 5.91 Å². The number of nitrogens with zero attached hydrogens (tertiary/aromatic N) is 4. The molecule has 0 radical (unpaired) electrons. The molecule has 1 N–H and O–H groups in total. The Kier molecular flexibility index (Phi) is 3.67. The number of nitrogens with one attached hydrogen (secondary N) is 1. The molecule has 0 saturated carbocycles. The lowest BCUT2D eigenvalue weighted by Gasteiger charge is -2.30. The quantitative estimate of drug-likeness (QED) is 0.781. The highest BCUT2D eigenvalue weighted by Gasteiger charge is 2.26. The molecule has 1 aromatic carbocycles. The van der Waals surface area contributed by atoms with Crippen molar-refractivity contribution in [2.75, 3.05) is 25.5 Å². The minimum atomic E-state index is 0.0181. The van der Waals surface area contributed by atoms with Gasteiger partial charge in [0.25, 0.3) is 5.91 Å². The highest BCUT2D eigenvalue weighted by atomic mass is 16.2. The number of aromatic nitrogens is 3. The number of rotatable bonds is 2. The lowest BCUT2D eigenvalue weighted by molar-refractivity contribution is 0.0726. The number of carbonyl (C=O) groups excluding carboxylic acids is 1. The van der Waals surface area contributed by atoms with Gasteiger partial charge in [-0.05, 0) is 25.5 Å². The third-order valence-corrected chi connectivity index (χ3v) is 4.63. The Hall–Kier alpha value is -2.89. The number of amides is 1. The average Bonchev–Trinajstić information content (AvgIpc) is 3.03. The topological polar surface area (TPSA) is 65.1 Å². The first-order valence-corrected chi connectivity index (χ1v) is 8.43. The van der Waals surface area contributed by atoms with Crippen LogP contribution in [0.1, 0.15) is 27.6 Å². The molecule has 6 heteroatoms. The van der Waals surface area contributed by atoms with Gasteiger partial charge in [0.15, 0.2) is 0 Å². The minimum Gasteiger partial charge on any atom is -0.362 e. The fraction of sp³-hybridized carbons (Fsp3) is 0.316. The predicted octanol–water partition coefficient (Wildman–Crippen LogP) is 2.53. The van der Waals surface area contributed by atoms with Crippen LogP contribution in [0.3, 0.4) is 0 Å². The Bertz CT molecular complexity index is 927. The third kappa shape index (κ3) is 2.73. The second kappa shape index (κ2) is 5.88. The number of hydrogen-bond donors (Lipinski definition) is 1. The zero-order valence-electron chi connectivity index (χ0n) is 14.7. The van der Waals surface area contributed by atoms with Crippen molar-refractivity contribution in [3.05, 3.63) is 53.1 Å². The number of carbonyl (C=O) groups is 1.